The second kappa shape index (κ2) is 7.65. The van der Waals surface area contributed by atoms with Gasteiger partial charge in [0.2, 0.25) is 12.7 Å². The van der Waals surface area contributed by atoms with Gasteiger partial charge in [0.25, 0.3) is 5.91 Å². The van der Waals surface area contributed by atoms with E-state index in [1.165, 1.54) is 0 Å². The van der Waals surface area contributed by atoms with E-state index in [-0.39, 0.29) is 42.4 Å². The monoisotopic (exact) mass is 426 g/mol. The van der Waals surface area contributed by atoms with E-state index in [2.05, 4.69) is 41.4 Å². The van der Waals surface area contributed by atoms with E-state index in [4.69, 9.17) is 18.9 Å². The fourth-order valence-corrected chi connectivity index (χ4v) is 4.05. The van der Waals surface area contributed by atoms with E-state index in [9.17, 15) is 4.79 Å². The Hall–Kier alpha value is -2.91. The first-order chi connectivity index (χ1) is 14.9. The number of benzene rings is 1. The molecule has 0 saturated carbocycles. The summed E-state index contributed by atoms with van der Waals surface area (Å²) in [5, 5.41) is 6.37. The number of amides is 1. The molecule has 4 atom stereocenters. The van der Waals surface area contributed by atoms with Gasteiger partial charge in [0.05, 0.1) is 31.0 Å². The number of aromatic nitrogens is 2. The number of hydrogen-bond acceptors (Lipinski definition) is 8. The van der Waals surface area contributed by atoms with Crippen molar-refractivity contribution in [1.82, 2.24) is 15.3 Å². The van der Waals surface area contributed by atoms with Crippen molar-refractivity contribution in [1.29, 1.82) is 0 Å². The van der Waals surface area contributed by atoms with Crippen LogP contribution in [0.4, 0.5) is 5.95 Å². The normalized spacial score (nSPS) is 26.5. The fraction of sp³-hybridized carbons (Fsp3) is 0.500. The summed E-state index contributed by atoms with van der Waals surface area (Å²) in [6.07, 6.45) is 1.33. The molecule has 4 unspecified atom stereocenters. The van der Waals surface area contributed by atoms with Crippen molar-refractivity contribution in [2.45, 2.75) is 50.5 Å². The minimum atomic E-state index is -0.239. The van der Waals surface area contributed by atoms with Crippen LogP contribution in [-0.4, -0.2) is 60.2 Å². The SMILES string of the molecule is CC(C)(C)c1ccnc(NC2COC3C(NC(=O)c4ccc5c(c4)OCO5)COC23)n1. The molecule has 2 saturated heterocycles. The number of fused-ring (bicyclic) bond motifs is 2. The highest BCUT2D eigenvalue weighted by atomic mass is 16.7. The van der Waals surface area contributed by atoms with Crippen molar-refractivity contribution >= 4 is 11.9 Å². The zero-order valence-electron chi connectivity index (χ0n) is 17.8. The summed E-state index contributed by atoms with van der Waals surface area (Å²) in [6, 6.07) is 6.74. The van der Waals surface area contributed by atoms with E-state index in [0.717, 1.165) is 5.69 Å². The van der Waals surface area contributed by atoms with Gasteiger partial charge >= 0.3 is 0 Å². The summed E-state index contributed by atoms with van der Waals surface area (Å²) < 4.78 is 22.6. The number of carbonyl (C=O) groups is 1. The van der Waals surface area contributed by atoms with Crippen LogP contribution in [0.15, 0.2) is 30.5 Å². The molecular formula is C22H26N4O5. The van der Waals surface area contributed by atoms with E-state index < -0.39 is 0 Å². The first-order valence-corrected chi connectivity index (χ1v) is 10.4. The Morgan fingerprint density at radius 2 is 1.77 bits per heavy atom. The molecule has 0 aliphatic carbocycles. The average Bonchev–Trinajstić information content (AvgIpc) is 3.45. The van der Waals surface area contributed by atoms with Gasteiger partial charge in [0.1, 0.15) is 12.2 Å². The Labute approximate surface area is 180 Å². The first kappa shape index (κ1) is 20.0. The van der Waals surface area contributed by atoms with Crippen LogP contribution in [-0.2, 0) is 14.9 Å². The molecule has 2 aromatic rings. The number of ether oxygens (including phenoxy) is 4. The summed E-state index contributed by atoms with van der Waals surface area (Å²) in [7, 11) is 0. The van der Waals surface area contributed by atoms with Crippen molar-refractivity contribution in [3.05, 3.63) is 41.7 Å². The van der Waals surface area contributed by atoms with Crippen LogP contribution in [0.3, 0.4) is 0 Å². The summed E-state index contributed by atoms with van der Waals surface area (Å²) in [6.45, 7) is 7.34. The average molecular weight is 426 g/mol. The van der Waals surface area contributed by atoms with Crippen LogP contribution in [0.5, 0.6) is 11.5 Å². The minimum absolute atomic E-state index is 0.0674. The van der Waals surface area contributed by atoms with Gasteiger partial charge in [0, 0.05) is 17.2 Å². The van der Waals surface area contributed by atoms with E-state index >= 15 is 0 Å². The van der Waals surface area contributed by atoms with Gasteiger partial charge in [-0.25, -0.2) is 9.97 Å². The summed E-state index contributed by atoms with van der Waals surface area (Å²) in [5.41, 5.74) is 1.40. The molecule has 4 heterocycles. The number of carbonyl (C=O) groups excluding carboxylic acids is 1. The molecule has 9 heteroatoms. The van der Waals surface area contributed by atoms with Crippen LogP contribution in [0.1, 0.15) is 36.8 Å². The lowest BCUT2D eigenvalue weighted by atomic mass is 9.92. The molecule has 31 heavy (non-hydrogen) atoms. The van der Waals surface area contributed by atoms with Crippen LogP contribution in [0, 0.1) is 0 Å². The van der Waals surface area contributed by atoms with Gasteiger partial charge in [-0.15, -0.1) is 0 Å². The van der Waals surface area contributed by atoms with Crippen molar-refractivity contribution < 1.29 is 23.7 Å². The van der Waals surface area contributed by atoms with Crippen molar-refractivity contribution in [3.63, 3.8) is 0 Å². The second-order valence-electron chi connectivity index (χ2n) is 9.01. The van der Waals surface area contributed by atoms with Gasteiger partial charge in [0.15, 0.2) is 11.5 Å². The molecule has 164 valence electrons. The standard InChI is InChI=1S/C22H26N4O5/c1-22(2,3)17-6-7-23-21(26-17)25-14-10-29-18-13(9-28-19(14)18)24-20(27)12-4-5-15-16(8-12)31-11-30-15/h4-8,13-14,18-19H,9-11H2,1-3H3,(H,24,27)(H,23,25,26). The van der Waals surface area contributed by atoms with E-state index in [1.807, 2.05) is 6.07 Å². The molecule has 0 spiro atoms. The maximum Gasteiger partial charge on any atom is 0.251 e. The summed E-state index contributed by atoms with van der Waals surface area (Å²) >= 11 is 0. The zero-order valence-corrected chi connectivity index (χ0v) is 17.8. The minimum Gasteiger partial charge on any atom is -0.454 e. The molecule has 0 bridgehead atoms. The third-order valence-corrected chi connectivity index (χ3v) is 5.74. The highest BCUT2D eigenvalue weighted by Crippen LogP contribution is 2.33. The molecule has 1 amide bonds. The van der Waals surface area contributed by atoms with E-state index in [1.54, 1.807) is 24.4 Å². The molecule has 2 fully saturated rings. The number of anilines is 1. The third kappa shape index (κ3) is 3.90. The predicted octanol–water partition coefficient (Wildman–Crippen LogP) is 1.88. The Bertz CT molecular complexity index is 992. The summed E-state index contributed by atoms with van der Waals surface area (Å²) in [4.78, 5) is 21.7. The Balaban J connectivity index is 1.23. The number of nitrogens with one attached hydrogen (secondary N) is 2. The molecule has 1 aromatic heterocycles. The number of rotatable bonds is 4. The largest absolute Gasteiger partial charge is 0.454 e. The molecule has 0 radical (unpaired) electrons. The van der Waals surface area contributed by atoms with Crippen LogP contribution < -0.4 is 20.1 Å². The first-order valence-electron chi connectivity index (χ1n) is 10.4. The zero-order chi connectivity index (χ0) is 21.6. The topological polar surface area (TPSA) is 104 Å². The molecular weight excluding hydrogens is 400 g/mol. The van der Waals surface area contributed by atoms with Crippen molar-refractivity contribution in [2.24, 2.45) is 0 Å². The summed E-state index contributed by atoms with van der Waals surface area (Å²) in [5.74, 6) is 1.57. The van der Waals surface area contributed by atoms with Gasteiger partial charge in [-0.05, 0) is 24.3 Å². The highest BCUT2D eigenvalue weighted by molar-refractivity contribution is 5.95. The van der Waals surface area contributed by atoms with Crippen molar-refractivity contribution in [3.8, 4) is 11.5 Å². The van der Waals surface area contributed by atoms with Crippen molar-refractivity contribution in [2.75, 3.05) is 25.3 Å². The van der Waals surface area contributed by atoms with E-state index in [0.29, 0.717) is 36.2 Å². The van der Waals surface area contributed by atoms with Gasteiger partial charge in [-0.1, -0.05) is 20.8 Å². The lowest BCUT2D eigenvalue weighted by Crippen LogP contribution is -2.44. The number of nitrogens with zero attached hydrogens (tertiary/aromatic N) is 2. The lowest BCUT2D eigenvalue weighted by Gasteiger charge is -2.21. The third-order valence-electron chi connectivity index (χ3n) is 5.74. The molecule has 9 nitrogen and oxygen atoms in total. The van der Waals surface area contributed by atoms with Crippen LogP contribution >= 0.6 is 0 Å². The highest BCUT2D eigenvalue weighted by Gasteiger charge is 2.48. The molecule has 5 rings (SSSR count). The van der Waals surface area contributed by atoms with Gasteiger partial charge < -0.3 is 29.6 Å². The maximum absolute atomic E-state index is 12.7. The van der Waals surface area contributed by atoms with Crippen LogP contribution in [0.2, 0.25) is 0 Å². The molecule has 3 aliphatic heterocycles. The number of hydrogen-bond donors (Lipinski definition) is 2. The van der Waals surface area contributed by atoms with Gasteiger partial charge in [-0.2, -0.15) is 0 Å². The molecule has 1 aromatic carbocycles. The Morgan fingerprint density at radius 3 is 2.58 bits per heavy atom. The van der Waals surface area contributed by atoms with Crippen LogP contribution in [0.25, 0.3) is 0 Å². The quantitative estimate of drug-likeness (QED) is 0.764. The lowest BCUT2D eigenvalue weighted by molar-refractivity contribution is 0.0652. The second-order valence-corrected chi connectivity index (χ2v) is 9.01. The fourth-order valence-electron chi connectivity index (χ4n) is 4.05. The smallest absolute Gasteiger partial charge is 0.251 e. The predicted molar refractivity (Wildman–Crippen MR) is 111 cm³/mol. The maximum atomic E-state index is 12.7. The van der Waals surface area contributed by atoms with Gasteiger partial charge in [-0.3, -0.25) is 4.79 Å². The molecule has 2 N–H and O–H groups in total. The molecule has 3 aliphatic rings. The Kier molecular flexibility index (Phi) is 4.94. The Morgan fingerprint density at radius 1 is 1.03 bits per heavy atom.